The Morgan fingerprint density at radius 3 is 1.49 bits per heavy atom. The number of phenolic OH excluding ortho intramolecular Hbond substituents is 3. The Labute approximate surface area is 314 Å². The van der Waals surface area contributed by atoms with Crippen molar-refractivity contribution in [2.75, 3.05) is 20.8 Å². The number of hydrogen-bond donors (Lipinski definition) is 4. The van der Waals surface area contributed by atoms with Gasteiger partial charge in [0.25, 0.3) is 0 Å². The number of aromatic nitrogens is 2. The average molecular weight is 799 g/mol. The van der Waals surface area contributed by atoms with Crippen molar-refractivity contribution in [3.05, 3.63) is 107 Å². The van der Waals surface area contributed by atoms with Crippen molar-refractivity contribution < 1.29 is 39.5 Å². The molecule has 0 unspecified atom stereocenters. The number of aliphatic hydroxyl groups is 1. The van der Waals surface area contributed by atoms with Crippen molar-refractivity contribution in [3.8, 4) is 17.2 Å². The van der Waals surface area contributed by atoms with E-state index in [2.05, 4.69) is 19.7 Å². The number of aromatic hydroxyl groups is 3. The third-order valence-corrected chi connectivity index (χ3v) is 7.64. The normalized spacial score (nSPS) is 10.0. The highest BCUT2D eigenvalue weighted by molar-refractivity contribution is 6.37. The molecular formula is C33H34Cl6N2O8. The molecule has 1 aromatic heterocycles. The monoisotopic (exact) mass is 796 g/mol. The van der Waals surface area contributed by atoms with Gasteiger partial charge >= 0.3 is 11.9 Å². The second-order valence-electron chi connectivity index (χ2n) is 10.0. The summed E-state index contributed by atoms with van der Waals surface area (Å²) in [6.07, 6.45) is 0.812. The molecule has 4 N–H and O–H groups in total. The maximum Gasteiger partial charge on any atom is 0.309 e. The lowest BCUT2D eigenvalue weighted by atomic mass is 10.1. The van der Waals surface area contributed by atoms with Gasteiger partial charge in [-0.2, -0.15) is 0 Å². The number of carbonyl (C=O) groups excluding carboxylic acids is 2. The van der Waals surface area contributed by atoms with Gasteiger partial charge < -0.3 is 29.9 Å². The van der Waals surface area contributed by atoms with Gasteiger partial charge in [0.05, 0.1) is 47.2 Å². The predicted octanol–water partition coefficient (Wildman–Crippen LogP) is 8.66. The number of esters is 2. The summed E-state index contributed by atoms with van der Waals surface area (Å²) in [7, 11) is 2.65. The number of aliphatic hydroxyl groups excluding tert-OH is 1. The summed E-state index contributed by atoms with van der Waals surface area (Å²) in [5.41, 5.74) is 3.18. The molecule has 0 saturated heterocycles. The maximum absolute atomic E-state index is 10.9. The van der Waals surface area contributed by atoms with Gasteiger partial charge in [-0.1, -0.05) is 95.6 Å². The zero-order valence-corrected chi connectivity index (χ0v) is 31.2. The van der Waals surface area contributed by atoms with Crippen molar-refractivity contribution in [2.45, 2.75) is 39.0 Å². The van der Waals surface area contributed by atoms with E-state index >= 15 is 0 Å². The molecule has 4 aromatic rings. The standard InChI is InChI=1S/C9H8Cl2O3.C9H10O3.C8H8Cl2O2.C7H8Cl2N2/c1-14-8(12)4-5-2-6(10)9(13)7(11)3-5;1-12-9(11)6-7-2-4-8(10)5-3-7;9-6-3-5(1-2-11)4-7(10)8(6)12;1-4(2)5-3-6(8)10-11-7(5)9/h2-3,13H,4H2,1H3;2-5,10H,6H2,1H3;3-4,11-12H,1-2H2;3-4H,1-2H3. The molecular weight excluding hydrogens is 765 g/mol. The topological polar surface area (TPSA) is 159 Å². The van der Waals surface area contributed by atoms with Crippen LogP contribution in [0.1, 0.15) is 42.0 Å². The van der Waals surface area contributed by atoms with Gasteiger partial charge in [-0.05, 0) is 77.1 Å². The number of benzene rings is 3. The average Bonchev–Trinajstić information content (AvgIpc) is 3.05. The van der Waals surface area contributed by atoms with Gasteiger partial charge in [-0.15, -0.1) is 10.2 Å². The van der Waals surface area contributed by atoms with Crippen molar-refractivity contribution in [3.63, 3.8) is 0 Å². The van der Waals surface area contributed by atoms with Gasteiger partial charge in [0, 0.05) is 6.61 Å². The van der Waals surface area contributed by atoms with E-state index < -0.39 is 0 Å². The molecule has 16 heteroatoms. The van der Waals surface area contributed by atoms with Crippen molar-refractivity contribution >= 4 is 81.5 Å². The Hall–Kier alpha value is -3.22. The van der Waals surface area contributed by atoms with Crippen LogP contribution in [-0.4, -0.2) is 63.4 Å². The lowest BCUT2D eigenvalue weighted by Gasteiger charge is -2.05. The molecule has 0 aliphatic heterocycles. The third-order valence-electron chi connectivity index (χ3n) is 6.01. The SMILES string of the molecule is CC(C)c1cc(Cl)nnc1Cl.COC(=O)Cc1cc(Cl)c(O)c(Cl)c1.COC(=O)Cc1ccc(O)cc1.OCCc1cc(Cl)c(O)c(Cl)c1. The molecule has 49 heavy (non-hydrogen) atoms. The summed E-state index contributed by atoms with van der Waals surface area (Å²) in [5.74, 6) is -0.426. The zero-order chi connectivity index (χ0) is 37.3. The van der Waals surface area contributed by atoms with Gasteiger partial charge in [-0.3, -0.25) is 9.59 Å². The van der Waals surface area contributed by atoms with Crippen LogP contribution in [0.15, 0.2) is 54.6 Å². The highest BCUT2D eigenvalue weighted by atomic mass is 35.5. The summed E-state index contributed by atoms with van der Waals surface area (Å²) in [6.45, 7) is 4.09. The summed E-state index contributed by atoms with van der Waals surface area (Å²) < 4.78 is 8.96. The highest BCUT2D eigenvalue weighted by Gasteiger charge is 2.10. The van der Waals surface area contributed by atoms with E-state index in [-0.39, 0.29) is 68.7 Å². The molecule has 3 aromatic carbocycles. The molecule has 0 bridgehead atoms. The summed E-state index contributed by atoms with van der Waals surface area (Å²) >= 11 is 34.0. The molecule has 4 rings (SSSR count). The van der Waals surface area contributed by atoms with E-state index in [1.807, 2.05) is 13.8 Å². The summed E-state index contributed by atoms with van der Waals surface area (Å²) in [4.78, 5) is 21.7. The Bertz CT molecular complexity index is 1630. The Balaban J connectivity index is 0.000000328. The smallest absolute Gasteiger partial charge is 0.309 e. The number of rotatable bonds is 7. The Morgan fingerprint density at radius 2 is 1.10 bits per heavy atom. The fourth-order valence-corrected chi connectivity index (χ4v) is 5.00. The van der Waals surface area contributed by atoms with Gasteiger partial charge in [0.15, 0.2) is 21.8 Å². The number of nitrogens with zero attached hydrogens (tertiary/aromatic N) is 2. The van der Waals surface area contributed by atoms with E-state index in [1.54, 1.807) is 30.3 Å². The van der Waals surface area contributed by atoms with Crippen LogP contribution in [0, 0.1) is 0 Å². The molecule has 0 spiro atoms. The molecule has 0 fully saturated rings. The van der Waals surface area contributed by atoms with E-state index in [9.17, 15) is 19.8 Å². The lowest BCUT2D eigenvalue weighted by molar-refractivity contribution is -0.140. The van der Waals surface area contributed by atoms with Crippen LogP contribution in [0.25, 0.3) is 0 Å². The number of ether oxygens (including phenoxy) is 2. The molecule has 266 valence electrons. The number of methoxy groups -OCH3 is 2. The zero-order valence-electron chi connectivity index (χ0n) is 26.7. The van der Waals surface area contributed by atoms with Gasteiger partial charge in [0.2, 0.25) is 0 Å². The van der Waals surface area contributed by atoms with Crippen LogP contribution in [0.3, 0.4) is 0 Å². The van der Waals surface area contributed by atoms with Crippen molar-refractivity contribution in [1.82, 2.24) is 10.2 Å². The largest absolute Gasteiger partial charge is 0.508 e. The van der Waals surface area contributed by atoms with E-state index in [0.717, 1.165) is 16.7 Å². The van der Waals surface area contributed by atoms with Crippen LogP contribution in [0.5, 0.6) is 17.2 Å². The number of halogens is 6. The van der Waals surface area contributed by atoms with Crippen LogP contribution in [0.4, 0.5) is 0 Å². The second kappa shape index (κ2) is 22.5. The molecule has 0 amide bonds. The van der Waals surface area contributed by atoms with Crippen molar-refractivity contribution in [1.29, 1.82) is 0 Å². The Morgan fingerprint density at radius 1 is 0.673 bits per heavy atom. The molecule has 0 aliphatic rings. The third kappa shape index (κ3) is 16.4. The Kier molecular flexibility index (Phi) is 20.1. The second-order valence-corrected chi connectivity index (χ2v) is 12.4. The fraction of sp³-hybridized carbons (Fsp3) is 0.273. The lowest BCUT2D eigenvalue weighted by Crippen LogP contribution is -2.04. The molecule has 0 atom stereocenters. The minimum absolute atomic E-state index is 0.0391. The predicted molar refractivity (Wildman–Crippen MR) is 193 cm³/mol. The summed E-state index contributed by atoms with van der Waals surface area (Å²) in [6, 6.07) is 14.3. The molecule has 0 radical (unpaired) electrons. The van der Waals surface area contributed by atoms with Gasteiger partial charge in [0.1, 0.15) is 5.75 Å². The maximum atomic E-state index is 10.9. The van der Waals surface area contributed by atoms with Gasteiger partial charge in [-0.25, -0.2) is 0 Å². The van der Waals surface area contributed by atoms with E-state index in [1.165, 1.54) is 38.5 Å². The number of carbonyl (C=O) groups is 2. The quantitative estimate of drug-likeness (QED) is 0.133. The van der Waals surface area contributed by atoms with E-state index in [4.69, 9.17) is 79.8 Å². The first-order valence-electron chi connectivity index (χ1n) is 14.1. The first-order chi connectivity index (χ1) is 23.0. The van der Waals surface area contributed by atoms with Crippen LogP contribution in [-0.2, 0) is 38.3 Å². The minimum atomic E-state index is -0.386. The molecule has 0 saturated carbocycles. The fourth-order valence-electron chi connectivity index (χ4n) is 3.47. The molecule has 10 nitrogen and oxygen atoms in total. The van der Waals surface area contributed by atoms with E-state index in [0.29, 0.717) is 28.2 Å². The summed E-state index contributed by atoms with van der Waals surface area (Å²) in [5, 5.41) is 44.7. The number of hydrogen-bond acceptors (Lipinski definition) is 10. The van der Waals surface area contributed by atoms with Crippen LogP contribution >= 0.6 is 69.6 Å². The molecule has 1 heterocycles. The minimum Gasteiger partial charge on any atom is -0.508 e. The van der Waals surface area contributed by atoms with Crippen molar-refractivity contribution in [2.24, 2.45) is 0 Å². The van der Waals surface area contributed by atoms with Crippen LogP contribution in [0.2, 0.25) is 30.4 Å². The number of phenols is 3. The first-order valence-corrected chi connectivity index (χ1v) is 16.3. The highest BCUT2D eigenvalue weighted by Crippen LogP contribution is 2.33. The molecule has 0 aliphatic carbocycles. The van der Waals surface area contributed by atoms with Crippen LogP contribution < -0.4 is 0 Å². The first kappa shape index (κ1) is 43.8.